The average molecular weight is 402 g/mol. The first-order valence-electron chi connectivity index (χ1n) is 11.3. The van der Waals surface area contributed by atoms with Gasteiger partial charge in [0, 0.05) is 43.3 Å². The van der Waals surface area contributed by atoms with Crippen LogP contribution in [0.3, 0.4) is 0 Å². The zero-order valence-corrected chi connectivity index (χ0v) is 18.1. The molecule has 0 unspecified atom stereocenters. The highest BCUT2D eigenvalue weighted by atomic mass is 16.6. The summed E-state index contributed by atoms with van der Waals surface area (Å²) in [7, 11) is 0. The van der Waals surface area contributed by atoms with E-state index in [-0.39, 0.29) is 22.8 Å². The molecule has 4 rings (SSSR count). The van der Waals surface area contributed by atoms with Crippen molar-refractivity contribution in [3.05, 3.63) is 23.4 Å². The summed E-state index contributed by atoms with van der Waals surface area (Å²) in [5.41, 5.74) is 2.09. The van der Waals surface area contributed by atoms with E-state index in [0.717, 1.165) is 70.4 Å². The number of hydrogen-bond acceptors (Lipinski definition) is 4. The van der Waals surface area contributed by atoms with Crippen LogP contribution in [-0.2, 0) is 9.53 Å². The van der Waals surface area contributed by atoms with Gasteiger partial charge in [-0.3, -0.25) is 9.69 Å². The fourth-order valence-corrected chi connectivity index (χ4v) is 5.67. The number of fused-ring (bicyclic) bond motifs is 1. The summed E-state index contributed by atoms with van der Waals surface area (Å²) < 4.78 is 5.17. The van der Waals surface area contributed by atoms with Gasteiger partial charge in [-0.15, -0.1) is 0 Å². The van der Waals surface area contributed by atoms with E-state index in [9.17, 15) is 9.59 Å². The third-order valence-electron chi connectivity index (χ3n) is 7.43. The van der Waals surface area contributed by atoms with Crippen molar-refractivity contribution in [2.75, 3.05) is 32.8 Å². The smallest absolute Gasteiger partial charge is 0.409 e. The molecule has 0 atom stereocenters. The molecule has 2 fully saturated rings. The highest BCUT2D eigenvalue weighted by molar-refractivity contribution is 5.92. The zero-order chi connectivity index (χ0) is 20.6. The fourth-order valence-electron chi connectivity index (χ4n) is 5.67. The van der Waals surface area contributed by atoms with Crippen LogP contribution in [0.2, 0.25) is 0 Å². The number of ether oxygens (including phenoxy) is 1. The van der Waals surface area contributed by atoms with Crippen LogP contribution < -0.4 is 5.32 Å². The van der Waals surface area contributed by atoms with Gasteiger partial charge in [0.2, 0.25) is 5.91 Å². The van der Waals surface area contributed by atoms with Gasteiger partial charge in [-0.2, -0.15) is 0 Å². The minimum Gasteiger partial charge on any atom is -0.450 e. The molecular formula is C23H35N3O3. The lowest BCUT2D eigenvalue weighted by atomic mass is 9.65. The molecule has 2 heterocycles. The Labute approximate surface area is 174 Å². The van der Waals surface area contributed by atoms with Crippen molar-refractivity contribution in [2.24, 2.45) is 10.8 Å². The maximum absolute atomic E-state index is 13.1. The van der Waals surface area contributed by atoms with Crippen LogP contribution in [0.25, 0.3) is 0 Å². The molecule has 1 saturated heterocycles. The quantitative estimate of drug-likeness (QED) is 0.770. The van der Waals surface area contributed by atoms with Crippen molar-refractivity contribution < 1.29 is 14.3 Å². The van der Waals surface area contributed by atoms with Gasteiger partial charge in [0.05, 0.1) is 12.0 Å². The molecule has 2 amide bonds. The van der Waals surface area contributed by atoms with Crippen LogP contribution in [0, 0.1) is 10.8 Å². The Kier molecular flexibility index (Phi) is 5.49. The number of rotatable bonds is 2. The topological polar surface area (TPSA) is 61.9 Å². The van der Waals surface area contributed by atoms with E-state index in [1.165, 1.54) is 5.57 Å². The average Bonchev–Trinajstić information content (AvgIpc) is 2.86. The van der Waals surface area contributed by atoms with E-state index >= 15 is 0 Å². The molecule has 0 bridgehead atoms. The summed E-state index contributed by atoms with van der Waals surface area (Å²) in [4.78, 5) is 29.5. The van der Waals surface area contributed by atoms with E-state index in [0.29, 0.717) is 12.6 Å². The molecule has 0 aromatic heterocycles. The van der Waals surface area contributed by atoms with Gasteiger partial charge in [0.25, 0.3) is 0 Å². The van der Waals surface area contributed by atoms with Gasteiger partial charge < -0.3 is 15.0 Å². The molecule has 6 nitrogen and oxygen atoms in total. The fraction of sp³-hybridized carbons (Fsp3) is 0.739. The van der Waals surface area contributed by atoms with E-state index in [4.69, 9.17) is 4.74 Å². The zero-order valence-electron chi connectivity index (χ0n) is 18.1. The molecule has 1 N–H and O–H groups in total. The van der Waals surface area contributed by atoms with Crippen molar-refractivity contribution >= 4 is 12.0 Å². The minimum atomic E-state index is -0.331. The number of nitrogens with zero attached hydrogens (tertiary/aromatic N) is 2. The van der Waals surface area contributed by atoms with E-state index in [1.54, 1.807) is 0 Å². The van der Waals surface area contributed by atoms with Gasteiger partial charge in [-0.05, 0) is 51.0 Å². The molecule has 6 heteroatoms. The van der Waals surface area contributed by atoms with Crippen LogP contribution in [0.5, 0.6) is 0 Å². The van der Waals surface area contributed by atoms with Gasteiger partial charge in [0.15, 0.2) is 0 Å². The molecule has 2 aliphatic carbocycles. The SMILES string of the molecule is CCOC(=O)N1CCCN(C2CCC3(CC2)C(=O)NC2=C3C=CCC2(C)C)CC1. The monoisotopic (exact) mass is 401 g/mol. The Morgan fingerprint density at radius 2 is 1.97 bits per heavy atom. The van der Waals surface area contributed by atoms with Gasteiger partial charge in [0.1, 0.15) is 0 Å². The third kappa shape index (κ3) is 3.60. The van der Waals surface area contributed by atoms with Crippen molar-refractivity contribution in [1.29, 1.82) is 0 Å². The summed E-state index contributed by atoms with van der Waals surface area (Å²) in [6.07, 6.45) is 10.1. The van der Waals surface area contributed by atoms with Crippen LogP contribution in [-0.4, -0.2) is 60.6 Å². The van der Waals surface area contributed by atoms with Crippen LogP contribution >= 0.6 is 0 Å². The number of allylic oxidation sites excluding steroid dienone is 3. The lowest BCUT2D eigenvalue weighted by Crippen LogP contribution is -2.46. The molecule has 2 aliphatic heterocycles. The second kappa shape index (κ2) is 7.78. The number of amides is 2. The molecule has 29 heavy (non-hydrogen) atoms. The van der Waals surface area contributed by atoms with E-state index in [1.807, 2.05) is 11.8 Å². The van der Waals surface area contributed by atoms with Gasteiger partial charge in [-0.25, -0.2) is 4.79 Å². The Balaban J connectivity index is 1.41. The summed E-state index contributed by atoms with van der Waals surface area (Å²) in [6, 6.07) is 0.501. The second-order valence-corrected chi connectivity index (χ2v) is 9.62. The molecule has 1 spiro atoms. The maximum Gasteiger partial charge on any atom is 0.409 e. The summed E-state index contributed by atoms with van der Waals surface area (Å²) in [6.45, 7) is 10.1. The van der Waals surface area contributed by atoms with Gasteiger partial charge in [-0.1, -0.05) is 26.0 Å². The van der Waals surface area contributed by atoms with Crippen molar-refractivity contribution in [3.63, 3.8) is 0 Å². The number of nitrogens with one attached hydrogen (secondary N) is 1. The molecule has 1 saturated carbocycles. The van der Waals surface area contributed by atoms with E-state index in [2.05, 4.69) is 36.2 Å². The Bertz CT molecular complexity index is 732. The minimum absolute atomic E-state index is 0.0153. The van der Waals surface area contributed by atoms with Crippen LogP contribution in [0.15, 0.2) is 23.4 Å². The summed E-state index contributed by atoms with van der Waals surface area (Å²) in [5.74, 6) is 0.213. The predicted octanol–water partition coefficient (Wildman–Crippen LogP) is 3.45. The Morgan fingerprint density at radius 1 is 1.21 bits per heavy atom. The molecule has 0 aromatic rings. The second-order valence-electron chi connectivity index (χ2n) is 9.62. The first kappa shape index (κ1) is 20.5. The lowest BCUT2D eigenvalue weighted by Gasteiger charge is -2.41. The molecule has 0 aromatic carbocycles. The summed E-state index contributed by atoms with van der Waals surface area (Å²) in [5, 5.41) is 3.26. The van der Waals surface area contributed by atoms with Crippen molar-refractivity contribution in [2.45, 2.75) is 65.3 Å². The molecule has 0 radical (unpaired) electrons. The summed E-state index contributed by atoms with van der Waals surface area (Å²) >= 11 is 0. The largest absolute Gasteiger partial charge is 0.450 e. The molecular weight excluding hydrogens is 366 g/mol. The maximum atomic E-state index is 13.1. The van der Waals surface area contributed by atoms with Crippen molar-refractivity contribution in [3.8, 4) is 0 Å². The number of hydrogen-bond donors (Lipinski definition) is 1. The number of carbonyl (C=O) groups excluding carboxylic acids is 2. The van der Waals surface area contributed by atoms with Crippen LogP contribution in [0.1, 0.15) is 59.3 Å². The highest BCUT2D eigenvalue weighted by Crippen LogP contribution is 2.53. The normalized spacial score (nSPS) is 32.2. The standard InChI is InChI=1S/C23H35N3O3/c1-4-29-21(28)26-14-6-13-25(15-16-26)17-8-11-23(12-9-17)18-7-5-10-22(2,3)19(18)24-20(23)27/h5,7,17H,4,6,8-16H2,1-3H3,(H,24,27). The Morgan fingerprint density at radius 3 is 2.69 bits per heavy atom. The third-order valence-corrected chi connectivity index (χ3v) is 7.43. The van der Waals surface area contributed by atoms with E-state index < -0.39 is 0 Å². The molecule has 4 aliphatic rings. The highest BCUT2D eigenvalue weighted by Gasteiger charge is 2.52. The van der Waals surface area contributed by atoms with Gasteiger partial charge >= 0.3 is 6.09 Å². The molecule has 160 valence electrons. The first-order valence-corrected chi connectivity index (χ1v) is 11.3. The lowest BCUT2D eigenvalue weighted by molar-refractivity contribution is -0.128. The Hall–Kier alpha value is -1.82. The van der Waals surface area contributed by atoms with Crippen LogP contribution in [0.4, 0.5) is 4.79 Å². The number of carbonyl (C=O) groups is 2. The van der Waals surface area contributed by atoms with Crippen molar-refractivity contribution in [1.82, 2.24) is 15.1 Å². The first-order chi connectivity index (χ1) is 13.9. The predicted molar refractivity (Wildman–Crippen MR) is 112 cm³/mol.